The number of ether oxygens (including phenoxy) is 4. The lowest BCUT2D eigenvalue weighted by molar-refractivity contribution is -0.117. The van der Waals surface area contributed by atoms with Gasteiger partial charge in [0.05, 0.1) is 38.8 Å². The highest BCUT2D eigenvalue weighted by Gasteiger charge is 2.26. The van der Waals surface area contributed by atoms with E-state index in [0.717, 1.165) is 18.4 Å². The fraction of sp³-hybridized carbons (Fsp3) is 0.281. The number of hydrogen-bond donors (Lipinski definition) is 1. The van der Waals surface area contributed by atoms with E-state index in [1.807, 2.05) is 24.4 Å². The van der Waals surface area contributed by atoms with Crippen LogP contribution in [0.5, 0.6) is 17.2 Å². The number of nitrogens with zero attached hydrogens (tertiary/aromatic N) is 3. The van der Waals surface area contributed by atoms with Crippen molar-refractivity contribution in [2.45, 2.75) is 18.9 Å². The number of methoxy groups -OCH3 is 3. The summed E-state index contributed by atoms with van der Waals surface area (Å²) in [5, 5.41) is 3.52. The molecule has 1 aliphatic rings. The molecule has 1 aliphatic heterocycles. The molecule has 43 heavy (non-hydrogen) atoms. The lowest BCUT2D eigenvalue weighted by Crippen LogP contribution is -2.42. The predicted octanol–water partition coefficient (Wildman–Crippen LogP) is 5.48. The van der Waals surface area contributed by atoms with Crippen molar-refractivity contribution in [2.24, 2.45) is 0 Å². The minimum Gasteiger partial charge on any atom is -0.497 e. The highest BCUT2D eigenvalue weighted by Crippen LogP contribution is 2.32. The topological polar surface area (TPSA) is 104 Å². The van der Waals surface area contributed by atoms with Crippen LogP contribution < -0.4 is 19.5 Å². The molecule has 0 saturated carbocycles. The Morgan fingerprint density at radius 3 is 2.51 bits per heavy atom. The third-order valence-electron chi connectivity index (χ3n) is 7.13. The fourth-order valence-corrected chi connectivity index (χ4v) is 5.06. The Bertz CT molecular complexity index is 1580. The number of imidazole rings is 1. The molecular weight excluding hydrogens is 572 g/mol. The van der Waals surface area contributed by atoms with Gasteiger partial charge < -0.3 is 23.8 Å². The second-order valence-corrected chi connectivity index (χ2v) is 10.4. The number of benzene rings is 3. The zero-order valence-corrected chi connectivity index (χ0v) is 25.0. The summed E-state index contributed by atoms with van der Waals surface area (Å²) >= 11 is 6.10. The Hall–Kier alpha value is -4.54. The number of rotatable bonds is 11. The lowest BCUT2D eigenvalue weighted by Gasteiger charge is -2.25. The quantitative estimate of drug-likeness (QED) is 0.242. The summed E-state index contributed by atoms with van der Waals surface area (Å²) in [5.74, 6) is 1.20. The minimum atomic E-state index is -0.413. The first-order valence-corrected chi connectivity index (χ1v) is 14.2. The first kappa shape index (κ1) is 29.9. The van der Waals surface area contributed by atoms with Gasteiger partial charge in [0.1, 0.15) is 12.3 Å². The monoisotopic (exact) mass is 604 g/mol. The maximum Gasteiger partial charge on any atom is 0.254 e. The van der Waals surface area contributed by atoms with Gasteiger partial charge in [-0.25, -0.2) is 4.98 Å². The van der Waals surface area contributed by atoms with Crippen LogP contribution in [-0.2, 0) is 9.53 Å². The van der Waals surface area contributed by atoms with Crippen LogP contribution in [0.2, 0.25) is 5.02 Å². The predicted molar refractivity (Wildman–Crippen MR) is 164 cm³/mol. The van der Waals surface area contributed by atoms with Crippen molar-refractivity contribution in [3.8, 4) is 34.2 Å². The molecule has 10 nitrogen and oxygen atoms in total. The number of nitrogens with one attached hydrogen (secondary N) is 1. The Labute approximate surface area is 255 Å². The number of hydrogen-bond acceptors (Lipinski definition) is 7. The Kier molecular flexibility index (Phi) is 9.48. The van der Waals surface area contributed by atoms with Crippen molar-refractivity contribution in [2.75, 3.05) is 46.3 Å². The molecule has 0 unspecified atom stereocenters. The standard InChI is InChI=1S/C32H33ClN4O6/c1-40-25-7-4-6-22(16-25)31(39)36(18-26-8-5-15-43-26)20-30(38)35-32-34-27(21-9-11-23(33)12-10-21)19-37(32)24-13-14-28(41-2)29(17-24)42-3/h4,6-7,9-14,16-17,19,26H,5,8,15,18,20H2,1-3H3,(H,34,35,38)/t26-/m1/s1. The van der Waals surface area contributed by atoms with Crippen LogP contribution in [0.4, 0.5) is 5.95 Å². The van der Waals surface area contributed by atoms with E-state index < -0.39 is 5.91 Å². The van der Waals surface area contributed by atoms with E-state index in [4.69, 9.17) is 35.5 Å². The van der Waals surface area contributed by atoms with Crippen LogP contribution in [0, 0.1) is 0 Å². The van der Waals surface area contributed by atoms with Crippen LogP contribution >= 0.6 is 11.6 Å². The fourth-order valence-electron chi connectivity index (χ4n) is 4.93. The van der Waals surface area contributed by atoms with E-state index >= 15 is 0 Å². The molecule has 2 heterocycles. The summed E-state index contributed by atoms with van der Waals surface area (Å²) in [6, 6.07) is 19.5. The largest absolute Gasteiger partial charge is 0.497 e. The zero-order valence-electron chi connectivity index (χ0n) is 24.2. The molecule has 224 valence electrons. The molecule has 3 aromatic carbocycles. The first-order valence-electron chi connectivity index (χ1n) is 13.8. The van der Waals surface area contributed by atoms with Gasteiger partial charge in [0.25, 0.3) is 5.91 Å². The van der Waals surface area contributed by atoms with Gasteiger partial charge >= 0.3 is 0 Å². The summed E-state index contributed by atoms with van der Waals surface area (Å²) in [5.41, 5.74) is 2.53. The van der Waals surface area contributed by atoms with Gasteiger partial charge in [-0.15, -0.1) is 0 Å². The van der Waals surface area contributed by atoms with Gasteiger partial charge in [-0.3, -0.25) is 19.5 Å². The molecular formula is C32H33ClN4O6. The minimum absolute atomic E-state index is 0.146. The van der Waals surface area contributed by atoms with Gasteiger partial charge in [-0.05, 0) is 55.3 Å². The SMILES string of the molecule is COc1cccc(C(=O)N(CC(=O)Nc2nc(-c3ccc(Cl)cc3)cn2-c2ccc(OC)c(OC)c2)C[C@H]2CCCO2)c1. The molecule has 1 saturated heterocycles. The molecule has 0 spiro atoms. The summed E-state index contributed by atoms with van der Waals surface area (Å²) in [7, 11) is 4.66. The Morgan fingerprint density at radius 1 is 1.02 bits per heavy atom. The highest BCUT2D eigenvalue weighted by molar-refractivity contribution is 6.30. The molecule has 0 bridgehead atoms. The molecule has 1 atom stereocenters. The van der Waals surface area contributed by atoms with Gasteiger partial charge in [0, 0.05) is 41.6 Å². The van der Waals surface area contributed by atoms with Gasteiger partial charge in [0.2, 0.25) is 11.9 Å². The number of aromatic nitrogens is 2. The van der Waals surface area contributed by atoms with Crippen LogP contribution in [0.3, 0.4) is 0 Å². The van der Waals surface area contributed by atoms with E-state index in [-0.39, 0.29) is 31.0 Å². The molecule has 1 fully saturated rings. The molecule has 0 aliphatic carbocycles. The van der Waals surface area contributed by atoms with Gasteiger partial charge in [0.15, 0.2) is 11.5 Å². The second kappa shape index (κ2) is 13.6. The smallest absolute Gasteiger partial charge is 0.254 e. The Morgan fingerprint density at radius 2 is 1.81 bits per heavy atom. The Balaban J connectivity index is 1.45. The average molecular weight is 605 g/mol. The van der Waals surface area contributed by atoms with E-state index in [0.29, 0.717) is 45.8 Å². The molecule has 11 heteroatoms. The molecule has 5 rings (SSSR count). The number of carbonyl (C=O) groups excluding carboxylic acids is 2. The number of amides is 2. The average Bonchev–Trinajstić information content (AvgIpc) is 3.70. The first-order chi connectivity index (χ1) is 20.9. The molecule has 0 radical (unpaired) electrons. The van der Waals surface area contributed by atoms with Crippen molar-refractivity contribution >= 4 is 29.4 Å². The van der Waals surface area contributed by atoms with E-state index in [1.54, 1.807) is 74.4 Å². The molecule has 1 aromatic heterocycles. The molecule has 2 amide bonds. The van der Waals surface area contributed by atoms with Crippen molar-refractivity contribution in [3.63, 3.8) is 0 Å². The van der Waals surface area contributed by atoms with Crippen molar-refractivity contribution in [1.29, 1.82) is 0 Å². The van der Waals surface area contributed by atoms with Crippen LogP contribution in [-0.4, -0.2) is 73.4 Å². The zero-order chi connectivity index (χ0) is 30.3. The van der Waals surface area contributed by atoms with Gasteiger partial charge in [-0.2, -0.15) is 0 Å². The van der Waals surface area contributed by atoms with Crippen molar-refractivity contribution in [3.05, 3.63) is 83.5 Å². The third kappa shape index (κ3) is 7.10. The van der Waals surface area contributed by atoms with Crippen LogP contribution in [0.25, 0.3) is 16.9 Å². The molecule has 4 aromatic rings. The third-order valence-corrected chi connectivity index (χ3v) is 7.38. The highest BCUT2D eigenvalue weighted by atomic mass is 35.5. The number of halogens is 1. The molecule has 1 N–H and O–H groups in total. The van der Waals surface area contributed by atoms with Gasteiger partial charge in [-0.1, -0.05) is 29.8 Å². The number of anilines is 1. The van der Waals surface area contributed by atoms with Crippen LogP contribution in [0.15, 0.2) is 72.9 Å². The summed E-state index contributed by atoms with van der Waals surface area (Å²) in [6.07, 6.45) is 3.39. The second-order valence-electron chi connectivity index (χ2n) is 9.97. The van der Waals surface area contributed by atoms with Crippen LogP contribution in [0.1, 0.15) is 23.2 Å². The van der Waals surface area contributed by atoms with E-state index in [9.17, 15) is 9.59 Å². The summed E-state index contributed by atoms with van der Waals surface area (Å²) in [4.78, 5) is 33.4. The normalized spacial score (nSPS) is 14.3. The number of carbonyl (C=O) groups is 2. The van der Waals surface area contributed by atoms with Crippen molar-refractivity contribution < 1.29 is 28.5 Å². The lowest BCUT2D eigenvalue weighted by atomic mass is 10.1. The maximum atomic E-state index is 13.6. The summed E-state index contributed by atoms with van der Waals surface area (Å²) < 4.78 is 23.7. The maximum absolute atomic E-state index is 13.6. The van der Waals surface area contributed by atoms with E-state index in [1.165, 1.54) is 4.90 Å². The van der Waals surface area contributed by atoms with Crippen molar-refractivity contribution in [1.82, 2.24) is 14.5 Å². The van der Waals surface area contributed by atoms with E-state index in [2.05, 4.69) is 5.32 Å². The summed E-state index contributed by atoms with van der Waals surface area (Å²) in [6.45, 7) is 0.711.